The fourth-order valence-corrected chi connectivity index (χ4v) is 1.56. The molecule has 0 saturated heterocycles. The van der Waals surface area contributed by atoms with E-state index in [1.165, 1.54) is 0 Å². The molecule has 0 spiro atoms. The molecule has 0 fully saturated rings. The topological polar surface area (TPSA) is 27.7 Å². The normalized spacial score (nSPS) is 12.3. The minimum Gasteiger partial charge on any atom is -0.493 e. The third-order valence-corrected chi connectivity index (χ3v) is 2.56. The molecule has 15 heavy (non-hydrogen) atoms. The molecule has 1 atom stereocenters. The van der Waals surface area contributed by atoms with Gasteiger partial charge in [0.05, 0.1) is 20.3 Å². The summed E-state index contributed by atoms with van der Waals surface area (Å²) < 4.78 is 15.8. The summed E-state index contributed by atoms with van der Waals surface area (Å²) in [6, 6.07) is 3.92. The first-order valence-electron chi connectivity index (χ1n) is 4.89. The van der Waals surface area contributed by atoms with E-state index in [0.717, 1.165) is 22.6 Å². The van der Waals surface area contributed by atoms with Gasteiger partial charge >= 0.3 is 0 Å². The monoisotopic (exact) mass is 210 g/mol. The van der Waals surface area contributed by atoms with Gasteiger partial charge in [-0.1, -0.05) is 0 Å². The maximum atomic E-state index is 5.29. The summed E-state index contributed by atoms with van der Waals surface area (Å²) in [6.45, 7) is 4.04. The Morgan fingerprint density at radius 3 is 2.00 bits per heavy atom. The van der Waals surface area contributed by atoms with E-state index in [9.17, 15) is 0 Å². The molecule has 0 aromatic heterocycles. The van der Waals surface area contributed by atoms with Gasteiger partial charge < -0.3 is 14.2 Å². The fraction of sp³-hybridized carbons (Fsp3) is 0.500. The Balaban J connectivity index is 3.19. The highest BCUT2D eigenvalue weighted by Crippen LogP contribution is 2.33. The standard InChI is InChI=1S/C12H18O3/c1-8-6-11(14-4)12(15-5)7-10(8)9(2)13-3/h6-7,9H,1-5H3. The lowest BCUT2D eigenvalue weighted by atomic mass is 10.0. The predicted molar refractivity (Wildman–Crippen MR) is 59.7 cm³/mol. The molecule has 0 radical (unpaired) electrons. The third kappa shape index (κ3) is 2.42. The molecule has 1 aromatic carbocycles. The average Bonchev–Trinajstić information content (AvgIpc) is 2.27. The van der Waals surface area contributed by atoms with E-state index in [2.05, 4.69) is 0 Å². The van der Waals surface area contributed by atoms with Crippen molar-refractivity contribution in [3.05, 3.63) is 23.3 Å². The Bertz CT molecular complexity index is 334. The summed E-state index contributed by atoms with van der Waals surface area (Å²) in [4.78, 5) is 0. The van der Waals surface area contributed by atoms with Gasteiger partial charge in [-0.2, -0.15) is 0 Å². The highest BCUT2D eigenvalue weighted by molar-refractivity contribution is 5.47. The van der Waals surface area contributed by atoms with E-state index < -0.39 is 0 Å². The highest BCUT2D eigenvalue weighted by Gasteiger charge is 2.12. The molecule has 0 heterocycles. The summed E-state index contributed by atoms with van der Waals surface area (Å²) in [5.74, 6) is 1.49. The summed E-state index contributed by atoms with van der Waals surface area (Å²) in [6.07, 6.45) is 0.0600. The molecular formula is C12H18O3. The number of rotatable bonds is 4. The number of methoxy groups -OCH3 is 3. The lowest BCUT2D eigenvalue weighted by Gasteiger charge is -2.16. The van der Waals surface area contributed by atoms with Crippen LogP contribution in [0.5, 0.6) is 11.5 Å². The fourth-order valence-electron chi connectivity index (χ4n) is 1.56. The van der Waals surface area contributed by atoms with Crippen molar-refractivity contribution < 1.29 is 14.2 Å². The van der Waals surface area contributed by atoms with Gasteiger partial charge in [0.2, 0.25) is 0 Å². The highest BCUT2D eigenvalue weighted by atomic mass is 16.5. The van der Waals surface area contributed by atoms with E-state index in [1.54, 1.807) is 21.3 Å². The minimum atomic E-state index is 0.0600. The van der Waals surface area contributed by atoms with Crippen LogP contribution in [0.4, 0.5) is 0 Å². The summed E-state index contributed by atoms with van der Waals surface area (Å²) in [5, 5.41) is 0. The molecule has 3 heteroatoms. The number of hydrogen-bond acceptors (Lipinski definition) is 3. The van der Waals surface area contributed by atoms with Crippen LogP contribution < -0.4 is 9.47 Å². The second-order valence-electron chi connectivity index (χ2n) is 3.44. The van der Waals surface area contributed by atoms with Gasteiger partial charge in [-0.05, 0) is 37.1 Å². The van der Waals surface area contributed by atoms with Crippen LogP contribution in [0.3, 0.4) is 0 Å². The molecule has 0 saturated carbocycles. The second-order valence-corrected chi connectivity index (χ2v) is 3.44. The minimum absolute atomic E-state index is 0.0600. The van der Waals surface area contributed by atoms with Crippen molar-refractivity contribution in [2.75, 3.05) is 21.3 Å². The van der Waals surface area contributed by atoms with Crippen LogP contribution in [0, 0.1) is 6.92 Å². The van der Waals surface area contributed by atoms with E-state index in [0.29, 0.717) is 0 Å². The number of hydrogen-bond donors (Lipinski definition) is 0. The molecule has 0 N–H and O–H groups in total. The van der Waals surface area contributed by atoms with Crippen molar-refractivity contribution in [2.24, 2.45) is 0 Å². The maximum Gasteiger partial charge on any atom is 0.161 e. The predicted octanol–water partition coefficient (Wildman–Crippen LogP) is 2.72. The van der Waals surface area contributed by atoms with E-state index in [4.69, 9.17) is 14.2 Å². The number of ether oxygens (including phenoxy) is 3. The van der Waals surface area contributed by atoms with Crippen LogP contribution in [-0.4, -0.2) is 21.3 Å². The largest absolute Gasteiger partial charge is 0.493 e. The van der Waals surface area contributed by atoms with Crippen LogP contribution >= 0.6 is 0 Å². The number of benzene rings is 1. The Labute approximate surface area is 91.0 Å². The SMILES string of the molecule is COc1cc(C)c(C(C)OC)cc1OC. The molecule has 0 amide bonds. The van der Waals surface area contributed by atoms with Crippen LogP contribution in [0.2, 0.25) is 0 Å². The number of aryl methyl sites for hydroxylation is 1. The van der Waals surface area contributed by atoms with Crippen LogP contribution in [0.1, 0.15) is 24.2 Å². The van der Waals surface area contributed by atoms with Gasteiger partial charge in [0.1, 0.15) is 0 Å². The van der Waals surface area contributed by atoms with Gasteiger partial charge in [-0.3, -0.25) is 0 Å². The molecular weight excluding hydrogens is 192 g/mol. The van der Waals surface area contributed by atoms with Gasteiger partial charge in [0.25, 0.3) is 0 Å². The first-order valence-corrected chi connectivity index (χ1v) is 4.89. The van der Waals surface area contributed by atoms with Gasteiger partial charge in [0.15, 0.2) is 11.5 Å². The molecule has 1 aromatic rings. The van der Waals surface area contributed by atoms with Crippen LogP contribution in [0.15, 0.2) is 12.1 Å². The second kappa shape index (κ2) is 5.03. The molecule has 0 aliphatic heterocycles. The lowest BCUT2D eigenvalue weighted by molar-refractivity contribution is 0.118. The van der Waals surface area contributed by atoms with Crippen molar-refractivity contribution >= 4 is 0 Å². The Hall–Kier alpha value is -1.22. The van der Waals surface area contributed by atoms with Crippen LogP contribution in [-0.2, 0) is 4.74 Å². The van der Waals surface area contributed by atoms with Crippen LogP contribution in [0.25, 0.3) is 0 Å². The summed E-state index contributed by atoms with van der Waals surface area (Å²) in [5.41, 5.74) is 2.26. The summed E-state index contributed by atoms with van der Waals surface area (Å²) in [7, 11) is 4.96. The van der Waals surface area contributed by atoms with E-state index in [1.807, 2.05) is 26.0 Å². The molecule has 84 valence electrons. The van der Waals surface area contributed by atoms with Crippen molar-refractivity contribution in [3.8, 4) is 11.5 Å². The zero-order valence-electron chi connectivity index (χ0n) is 9.96. The Morgan fingerprint density at radius 1 is 1.00 bits per heavy atom. The summed E-state index contributed by atoms with van der Waals surface area (Å²) >= 11 is 0. The molecule has 0 aliphatic carbocycles. The van der Waals surface area contributed by atoms with Gasteiger partial charge in [0, 0.05) is 7.11 Å². The smallest absolute Gasteiger partial charge is 0.161 e. The van der Waals surface area contributed by atoms with Crippen molar-refractivity contribution in [1.29, 1.82) is 0 Å². The molecule has 0 bridgehead atoms. The Kier molecular flexibility index (Phi) is 3.97. The quantitative estimate of drug-likeness (QED) is 0.764. The zero-order chi connectivity index (χ0) is 11.4. The molecule has 0 aliphatic rings. The zero-order valence-corrected chi connectivity index (χ0v) is 9.96. The third-order valence-electron chi connectivity index (χ3n) is 2.56. The van der Waals surface area contributed by atoms with Gasteiger partial charge in [-0.15, -0.1) is 0 Å². The van der Waals surface area contributed by atoms with E-state index in [-0.39, 0.29) is 6.10 Å². The maximum absolute atomic E-state index is 5.29. The average molecular weight is 210 g/mol. The molecule has 1 rings (SSSR count). The Morgan fingerprint density at radius 2 is 1.53 bits per heavy atom. The van der Waals surface area contributed by atoms with E-state index >= 15 is 0 Å². The molecule has 3 nitrogen and oxygen atoms in total. The van der Waals surface area contributed by atoms with Crippen molar-refractivity contribution in [2.45, 2.75) is 20.0 Å². The van der Waals surface area contributed by atoms with Gasteiger partial charge in [-0.25, -0.2) is 0 Å². The first-order chi connectivity index (χ1) is 7.13. The lowest BCUT2D eigenvalue weighted by Crippen LogP contribution is -2.01. The first kappa shape index (κ1) is 11.9. The van der Waals surface area contributed by atoms with Crippen molar-refractivity contribution in [3.63, 3.8) is 0 Å². The van der Waals surface area contributed by atoms with Crippen molar-refractivity contribution in [1.82, 2.24) is 0 Å². The molecule has 1 unspecified atom stereocenters.